The summed E-state index contributed by atoms with van der Waals surface area (Å²) in [5.74, 6) is 2.38. The first-order valence-corrected chi connectivity index (χ1v) is 11.2. The maximum absolute atomic E-state index is 13.4. The molecule has 4 aliphatic rings. The van der Waals surface area contributed by atoms with Crippen LogP contribution in [-0.2, 0) is 16.1 Å². The van der Waals surface area contributed by atoms with E-state index in [1.165, 1.54) is 19.3 Å². The minimum absolute atomic E-state index is 0.126. The number of hydrogen-bond donors (Lipinski definition) is 0. The first-order chi connectivity index (χ1) is 13.6. The fourth-order valence-corrected chi connectivity index (χ4v) is 7.07. The normalized spacial score (nSPS) is 31.5. The molecule has 0 spiro atoms. The van der Waals surface area contributed by atoms with Gasteiger partial charge in [-0.15, -0.1) is 0 Å². The topological polar surface area (TPSA) is 56.5 Å². The predicted molar refractivity (Wildman–Crippen MR) is 109 cm³/mol. The van der Waals surface area contributed by atoms with E-state index in [1.807, 2.05) is 12.1 Å². The zero-order valence-electron chi connectivity index (χ0n) is 16.3. The molecule has 0 N–H and O–H groups in total. The summed E-state index contributed by atoms with van der Waals surface area (Å²) in [6, 6.07) is 3.99. The van der Waals surface area contributed by atoms with Crippen LogP contribution in [0.15, 0.2) is 35.7 Å². The monoisotopic (exact) mass is 397 g/mol. The number of amides is 1. The van der Waals surface area contributed by atoms with Crippen LogP contribution in [0.5, 0.6) is 0 Å². The van der Waals surface area contributed by atoms with Gasteiger partial charge < -0.3 is 9.30 Å². The number of aromatic nitrogens is 2. The van der Waals surface area contributed by atoms with E-state index < -0.39 is 0 Å². The first-order valence-electron chi connectivity index (χ1n) is 10.3. The summed E-state index contributed by atoms with van der Waals surface area (Å²) in [5.41, 5.74) is 0.921. The lowest BCUT2D eigenvalue weighted by Crippen LogP contribution is -2.49. The molecule has 2 aromatic rings. The Morgan fingerprint density at radius 3 is 2.46 bits per heavy atom. The summed E-state index contributed by atoms with van der Waals surface area (Å²) >= 11 is 1.59. The van der Waals surface area contributed by atoms with Crippen molar-refractivity contribution < 1.29 is 9.53 Å². The van der Waals surface area contributed by atoms with E-state index in [0.717, 1.165) is 52.3 Å². The Morgan fingerprint density at radius 1 is 1.21 bits per heavy atom. The Balaban J connectivity index is 1.50. The third kappa shape index (κ3) is 3.26. The largest absolute Gasteiger partial charge is 0.383 e. The number of rotatable bonds is 5. The molecule has 4 aliphatic carbocycles. The van der Waals surface area contributed by atoms with E-state index in [2.05, 4.69) is 15.7 Å². The molecule has 4 bridgehead atoms. The second-order valence-corrected chi connectivity index (χ2v) is 9.92. The van der Waals surface area contributed by atoms with E-state index in [4.69, 9.17) is 9.73 Å². The summed E-state index contributed by atoms with van der Waals surface area (Å²) < 4.78 is 7.34. The average molecular weight is 398 g/mol. The van der Waals surface area contributed by atoms with Crippen LogP contribution in [0, 0.1) is 23.2 Å². The Morgan fingerprint density at radius 2 is 1.86 bits per heavy atom. The van der Waals surface area contributed by atoms with Gasteiger partial charge in [-0.3, -0.25) is 9.78 Å². The summed E-state index contributed by atoms with van der Waals surface area (Å²) in [6.45, 7) is 1.30. The molecule has 0 atom stereocenters. The van der Waals surface area contributed by atoms with Crippen LogP contribution in [0.2, 0.25) is 0 Å². The van der Waals surface area contributed by atoms with Gasteiger partial charge in [-0.25, -0.2) is 0 Å². The van der Waals surface area contributed by atoms with E-state index >= 15 is 0 Å². The first kappa shape index (κ1) is 18.3. The van der Waals surface area contributed by atoms with Crippen LogP contribution >= 0.6 is 11.3 Å². The van der Waals surface area contributed by atoms with Crippen molar-refractivity contribution in [2.24, 2.45) is 28.2 Å². The maximum Gasteiger partial charge on any atom is 0.254 e. The molecule has 148 valence electrons. The van der Waals surface area contributed by atoms with Crippen molar-refractivity contribution in [1.29, 1.82) is 0 Å². The van der Waals surface area contributed by atoms with Gasteiger partial charge >= 0.3 is 0 Å². The lowest BCUT2D eigenvalue weighted by atomic mass is 9.49. The number of thiazole rings is 1. The second kappa shape index (κ2) is 7.23. The molecule has 1 amide bonds. The number of hydrogen-bond acceptors (Lipinski definition) is 4. The molecule has 5 nitrogen and oxygen atoms in total. The number of pyridine rings is 1. The highest BCUT2D eigenvalue weighted by Crippen LogP contribution is 2.60. The molecular formula is C22H27N3O2S. The van der Waals surface area contributed by atoms with Crippen molar-refractivity contribution in [2.45, 2.75) is 45.1 Å². The van der Waals surface area contributed by atoms with Crippen LogP contribution < -0.4 is 4.80 Å². The van der Waals surface area contributed by atoms with Gasteiger partial charge in [0.1, 0.15) is 0 Å². The van der Waals surface area contributed by atoms with Gasteiger partial charge in [0.2, 0.25) is 0 Å². The van der Waals surface area contributed by atoms with Crippen LogP contribution in [0.3, 0.4) is 0 Å². The summed E-state index contributed by atoms with van der Waals surface area (Å²) in [7, 11) is 1.70. The van der Waals surface area contributed by atoms with Gasteiger partial charge in [0, 0.05) is 32.2 Å². The number of ether oxygens (including phenoxy) is 1. The fraction of sp³-hybridized carbons (Fsp3) is 0.591. The van der Waals surface area contributed by atoms with Crippen molar-refractivity contribution in [2.75, 3.05) is 13.7 Å². The number of carbonyl (C=O) groups excluding carboxylic acids is 1. The van der Waals surface area contributed by atoms with Gasteiger partial charge in [-0.1, -0.05) is 11.3 Å². The molecule has 4 saturated carbocycles. The molecule has 0 radical (unpaired) electrons. The molecule has 2 aromatic heterocycles. The Labute approximate surface area is 169 Å². The molecular weight excluding hydrogens is 370 g/mol. The minimum Gasteiger partial charge on any atom is -0.383 e. The highest BCUT2D eigenvalue weighted by molar-refractivity contribution is 7.12. The lowest BCUT2D eigenvalue weighted by molar-refractivity contribution is -0.142. The van der Waals surface area contributed by atoms with Crippen molar-refractivity contribution in [1.82, 2.24) is 9.55 Å². The third-order valence-corrected chi connectivity index (χ3v) is 7.98. The predicted octanol–water partition coefficient (Wildman–Crippen LogP) is 3.90. The fourth-order valence-electron chi connectivity index (χ4n) is 6.04. The summed E-state index contributed by atoms with van der Waals surface area (Å²) in [6.07, 6.45) is 12.9. The Bertz CT molecular complexity index is 895. The van der Waals surface area contributed by atoms with Gasteiger partial charge in [0.05, 0.1) is 16.9 Å². The van der Waals surface area contributed by atoms with E-state index in [-0.39, 0.29) is 11.3 Å². The quantitative estimate of drug-likeness (QED) is 0.769. The zero-order valence-corrected chi connectivity index (χ0v) is 17.2. The Hall–Kier alpha value is -1.79. The summed E-state index contributed by atoms with van der Waals surface area (Å²) in [5, 5.41) is 0. The van der Waals surface area contributed by atoms with Gasteiger partial charge in [-0.2, -0.15) is 4.99 Å². The number of carbonyl (C=O) groups is 1. The molecule has 4 fully saturated rings. The standard InChI is InChI=1S/C22H27N3O2S/c1-27-7-6-25-14-19(18-2-4-23-5-3-18)28-21(25)24-20(26)22-11-15-8-16(12-22)10-17(9-15)13-22/h2-5,14-17H,6-13H2,1H3/b24-21-. The van der Waals surface area contributed by atoms with Crippen LogP contribution in [-0.4, -0.2) is 29.2 Å². The van der Waals surface area contributed by atoms with Crippen molar-refractivity contribution in [3.05, 3.63) is 35.5 Å². The molecule has 0 unspecified atom stereocenters. The average Bonchev–Trinajstić information content (AvgIpc) is 3.08. The van der Waals surface area contributed by atoms with Crippen LogP contribution in [0.4, 0.5) is 0 Å². The van der Waals surface area contributed by atoms with Gasteiger partial charge in [0.15, 0.2) is 4.80 Å². The third-order valence-electron chi connectivity index (χ3n) is 6.91. The highest BCUT2D eigenvalue weighted by Gasteiger charge is 2.54. The van der Waals surface area contributed by atoms with Gasteiger partial charge in [-0.05, 0) is 74.0 Å². The SMILES string of the molecule is COCCn1cc(-c2ccncc2)s/c1=N\C(=O)C12CC3CC(CC(C3)C1)C2. The smallest absolute Gasteiger partial charge is 0.254 e. The second-order valence-electron chi connectivity index (χ2n) is 8.91. The van der Waals surface area contributed by atoms with Crippen molar-refractivity contribution in [3.63, 3.8) is 0 Å². The zero-order chi connectivity index (χ0) is 19.1. The summed E-state index contributed by atoms with van der Waals surface area (Å²) in [4.78, 5) is 24.2. The molecule has 28 heavy (non-hydrogen) atoms. The highest BCUT2D eigenvalue weighted by atomic mass is 32.1. The molecule has 2 heterocycles. The lowest BCUT2D eigenvalue weighted by Gasteiger charge is -2.55. The van der Waals surface area contributed by atoms with Gasteiger partial charge in [0.25, 0.3) is 5.91 Å². The molecule has 6 heteroatoms. The van der Waals surface area contributed by atoms with E-state index in [9.17, 15) is 4.79 Å². The van der Waals surface area contributed by atoms with Crippen molar-refractivity contribution in [3.8, 4) is 10.4 Å². The van der Waals surface area contributed by atoms with Crippen LogP contribution in [0.1, 0.15) is 38.5 Å². The van der Waals surface area contributed by atoms with E-state index in [1.54, 1.807) is 30.8 Å². The maximum atomic E-state index is 13.4. The van der Waals surface area contributed by atoms with E-state index in [0.29, 0.717) is 13.2 Å². The van der Waals surface area contributed by atoms with Crippen LogP contribution in [0.25, 0.3) is 10.4 Å². The molecule has 0 aromatic carbocycles. The number of methoxy groups -OCH3 is 1. The molecule has 0 aliphatic heterocycles. The number of nitrogens with zero attached hydrogens (tertiary/aromatic N) is 3. The minimum atomic E-state index is -0.186. The Kier molecular flexibility index (Phi) is 4.71. The molecule has 0 saturated heterocycles. The van der Waals surface area contributed by atoms with Crippen molar-refractivity contribution >= 4 is 17.2 Å². The molecule has 6 rings (SSSR count).